The molecule has 1 heteroatoms. The molecule has 3 atom stereocenters. The van der Waals surface area contributed by atoms with Crippen LogP contribution in [-0.2, 0) is 6.42 Å². The van der Waals surface area contributed by atoms with E-state index in [1.807, 2.05) is 0 Å². The monoisotopic (exact) mass is 400 g/mol. The lowest BCUT2D eigenvalue weighted by Crippen LogP contribution is -2.13. The topological polar surface area (TPSA) is 3.01 Å². The fourth-order valence-electron chi connectivity index (χ4n) is 5.58. The van der Waals surface area contributed by atoms with Gasteiger partial charge >= 0.3 is 0 Å². The Hall–Kier alpha value is -2.15. The van der Waals surface area contributed by atoms with Crippen LogP contribution in [0.15, 0.2) is 48.7 Å². The molecule has 2 heterocycles. The molecule has 2 aromatic carbocycles. The molecule has 2 aliphatic heterocycles. The molecule has 0 saturated heterocycles. The first-order valence-corrected chi connectivity index (χ1v) is 11.9. The summed E-state index contributed by atoms with van der Waals surface area (Å²) in [6, 6.07) is 14.0. The minimum atomic E-state index is 0.510. The van der Waals surface area contributed by atoms with Crippen molar-refractivity contribution in [1.82, 2.24) is 0 Å². The lowest BCUT2D eigenvalue weighted by molar-refractivity contribution is -0.353. The van der Waals surface area contributed by atoms with Crippen molar-refractivity contribution in [2.24, 2.45) is 5.92 Å². The first kappa shape index (κ1) is 21.1. The van der Waals surface area contributed by atoms with Crippen LogP contribution in [0.25, 0.3) is 0 Å². The predicted molar refractivity (Wildman–Crippen MR) is 129 cm³/mol. The molecule has 2 aliphatic rings. The number of hydrogen-bond acceptors (Lipinski definition) is 0. The van der Waals surface area contributed by atoms with Gasteiger partial charge in [-0.1, -0.05) is 77.9 Å². The van der Waals surface area contributed by atoms with E-state index in [1.54, 1.807) is 16.7 Å². The van der Waals surface area contributed by atoms with E-state index >= 15 is 0 Å². The maximum atomic E-state index is 2.46. The van der Waals surface area contributed by atoms with Gasteiger partial charge in [0.2, 0.25) is 5.69 Å². The van der Waals surface area contributed by atoms with Gasteiger partial charge < -0.3 is 0 Å². The van der Waals surface area contributed by atoms with Crippen LogP contribution in [0.5, 0.6) is 0 Å². The second kappa shape index (κ2) is 8.53. The average Bonchev–Trinajstić information content (AvgIpc) is 3.19. The van der Waals surface area contributed by atoms with E-state index in [9.17, 15) is 0 Å². The second-order valence-corrected chi connectivity index (χ2v) is 10.1. The van der Waals surface area contributed by atoms with Gasteiger partial charge in [0.1, 0.15) is 0 Å². The first-order valence-electron chi connectivity index (χ1n) is 11.9. The van der Waals surface area contributed by atoms with Crippen LogP contribution < -0.4 is 0 Å². The van der Waals surface area contributed by atoms with Crippen molar-refractivity contribution >= 4 is 11.9 Å². The van der Waals surface area contributed by atoms with Gasteiger partial charge in [-0.15, -0.1) is 0 Å². The summed E-state index contributed by atoms with van der Waals surface area (Å²) in [6.45, 7) is 14.2. The van der Waals surface area contributed by atoms with Crippen LogP contribution in [-0.4, -0.2) is 10.8 Å². The normalized spacial score (nSPS) is 23.6. The highest BCUT2D eigenvalue weighted by Crippen LogP contribution is 2.41. The summed E-state index contributed by atoms with van der Waals surface area (Å²) in [5.41, 5.74) is 9.14. The van der Waals surface area contributed by atoms with Gasteiger partial charge in [-0.05, 0) is 65.7 Å². The van der Waals surface area contributed by atoms with Gasteiger partial charge in [0, 0.05) is 11.1 Å². The third-order valence-corrected chi connectivity index (χ3v) is 7.19. The molecule has 158 valence electrons. The Bertz CT molecular complexity index is 976. The number of para-hydroxylation sites is 1. The quantitative estimate of drug-likeness (QED) is 0.449. The smallest absolute Gasteiger partial charge is 0.170 e. The number of fused-ring (bicyclic) bond motifs is 4. The summed E-state index contributed by atoms with van der Waals surface area (Å²) in [5.74, 6) is 2.69. The third kappa shape index (κ3) is 3.92. The van der Waals surface area contributed by atoms with E-state index in [0.717, 1.165) is 0 Å². The Kier molecular flexibility index (Phi) is 6.00. The van der Waals surface area contributed by atoms with Crippen molar-refractivity contribution in [3.05, 3.63) is 76.5 Å². The van der Waals surface area contributed by atoms with E-state index < -0.39 is 0 Å². The van der Waals surface area contributed by atoms with Crippen molar-refractivity contribution in [3.63, 3.8) is 0 Å². The maximum Gasteiger partial charge on any atom is 0.217 e. The van der Waals surface area contributed by atoms with E-state index in [4.69, 9.17) is 0 Å². The molecule has 0 aromatic heterocycles. The minimum Gasteiger partial charge on any atom is -0.170 e. The Morgan fingerprint density at radius 2 is 1.47 bits per heavy atom. The lowest BCUT2D eigenvalue weighted by atomic mass is 9.80. The summed E-state index contributed by atoms with van der Waals surface area (Å²) in [6.07, 6.45) is 10.7. The second-order valence-electron chi connectivity index (χ2n) is 10.1. The molecule has 0 N–H and O–H groups in total. The largest absolute Gasteiger partial charge is 0.217 e. The summed E-state index contributed by atoms with van der Waals surface area (Å²) in [5, 5.41) is 0. The molecule has 4 rings (SSSR count). The fraction of sp³-hybridized carbons (Fsp3) is 0.483. The van der Waals surface area contributed by atoms with Gasteiger partial charge in [-0.25, -0.2) is 0 Å². The average molecular weight is 401 g/mol. The van der Waals surface area contributed by atoms with Crippen LogP contribution in [0.3, 0.4) is 0 Å². The van der Waals surface area contributed by atoms with Crippen LogP contribution in [0.2, 0.25) is 0 Å². The Morgan fingerprint density at radius 3 is 2.17 bits per heavy atom. The summed E-state index contributed by atoms with van der Waals surface area (Å²) >= 11 is 0. The van der Waals surface area contributed by atoms with Crippen molar-refractivity contribution < 1.29 is 4.58 Å². The standard InChI is InChI=1S/C29H38N/c1-19(2)24-9-7-11-26-21(5)17-22(6)27-12-8-10-25(20(3)4)29(27)30-16-15-23(18-30)13-14-28(24)26/h7-12,15-16,18-23H,13-14,17H2,1-6H3/q+1. The number of benzene rings is 2. The van der Waals surface area contributed by atoms with E-state index in [2.05, 4.69) is 101 Å². The van der Waals surface area contributed by atoms with E-state index in [1.165, 1.54) is 36.1 Å². The SMILES string of the molecule is CC(C)c1cccc2c1CCC1C=C[N+](=C1)c1c(C(C)C)cccc1C(C)CC2C. The summed E-state index contributed by atoms with van der Waals surface area (Å²) in [4.78, 5) is 0. The number of hydrogen-bond donors (Lipinski definition) is 0. The van der Waals surface area contributed by atoms with Crippen LogP contribution >= 0.6 is 0 Å². The molecule has 1 nitrogen and oxygen atoms in total. The number of nitrogens with zero attached hydrogens (tertiary/aromatic N) is 1. The third-order valence-electron chi connectivity index (χ3n) is 7.19. The number of allylic oxidation sites excluding steroid dienone is 1. The summed E-state index contributed by atoms with van der Waals surface area (Å²) in [7, 11) is 0. The zero-order valence-electron chi connectivity index (χ0n) is 19.7. The highest BCUT2D eigenvalue weighted by molar-refractivity contribution is 5.65. The van der Waals surface area contributed by atoms with Gasteiger partial charge in [-0.2, -0.15) is 4.58 Å². The van der Waals surface area contributed by atoms with E-state index in [0.29, 0.717) is 29.6 Å². The Labute approximate surface area is 183 Å². The van der Waals surface area contributed by atoms with Crippen LogP contribution in [0, 0.1) is 5.92 Å². The predicted octanol–water partition coefficient (Wildman–Crippen LogP) is 8.04. The number of rotatable bonds is 2. The van der Waals surface area contributed by atoms with Crippen molar-refractivity contribution in [2.45, 2.75) is 84.5 Å². The van der Waals surface area contributed by atoms with Gasteiger partial charge in [0.25, 0.3) is 0 Å². The van der Waals surface area contributed by atoms with Gasteiger partial charge in [-0.3, -0.25) is 0 Å². The molecule has 0 saturated carbocycles. The fourth-order valence-corrected chi connectivity index (χ4v) is 5.58. The molecule has 0 aliphatic carbocycles. The summed E-state index contributed by atoms with van der Waals surface area (Å²) < 4.78 is 2.44. The minimum absolute atomic E-state index is 0.510. The van der Waals surface area contributed by atoms with Gasteiger partial charge in [0.05, 0.1) is 5.92 Å². The van der Waals surface area contributed by atoms with Crippen LogP contribution in [0.1, 0.15) is 106 Å². The highest BCUT2D eigenvalue weighted by atomic mass is 15.0. The van der Waals surface area contributed by atoms with E-state index in [-0.39, 0.29) is 0 Å². The van der Waals surface area contributed by atoms with Gasteiger partial charge in [0.15, 0.2) is 12.4 Å². The highest BCUT2D eigenvalue weighted by Gasteiger charge is 2.30. The molecule has 0 spiro atoms. The molecular weight excluding hydrogens is 362 g/mol. The van der Waals surface area contributed by atoms with Crippen molar-refractivity contribution in [3.8, 4) is 0 Å². The molecular formula is C29H38N+. The van der Waals surface area contributed by atoms with Crippen molar-refractivity contribution in [1.29, 1.82) is 0 Å². The maximum absolute atomic E-state index is 2.46. The molecule has 2 bridgehead atoms. The molecule has 30 heavy (non-hydrogen) atoms. The molecule has 0 fully saturated rings. The molecule has 0 amide bonds. The zero-order chi connectivity index (χ0) is 21.4. The zero-order valence-corrected chi connectivity index (χ0v) is 19.7. The molecule has 3 unspecified atom stereocenters. The Morgan fingerprint density at radius 1 is 0.833 bits per heavy atom. The molecule has 2 aromatic rings. The van der Waals surface area contributed by atoms with Crippen LogP contribution in [0.4, 0.5) is 5.69 Å². The van der Waals surface area contributed by atoms with Crippen molar-refractivity contribution in [2.75, 3.05) is 0 Å². The Balaban J connectivity index is 1.85. The first-order chi connectivity index (χ1) is 14.4. The lowest BCUT2D eigenvalue weighted by Gasteiger charge is -2.25. The molecule has 0 radical (unpaired) electrons.